The fourth-order valence-electron chi connectivity index (χ4n) is 1.21. The van der Waals surface area contributed by atoms with Gasteiger partial charge in [-0.15, -0.1) is 0 Å². The molecule has 0 bridgehead atoms. The summed E-state index contributed by atoms with van der Waals surface area (Å²) in [6.07, 6.45) is 0. The van der Waals surface area contributed by atoms with Gasteiger partial charge in [-0.2, -0.15) is 0 Å². The van der Waals surface area contributed by atoms with E-state index < -0.39 is 0 Å². The average Bonchev–Trinajstić information content (AvgIpc) is 2.17. The molecule has 0 aliphatic rings. The molecule has 86 valence electrons. The van der Waals surface area contributed by atoms with Crippen LogP contribution in [0.15, 0.2) is 0 Å². The third-order valence-corrected chi connectivity index (χ3v) is 2.42. The van der Waals surface area contributed by atoms with E-state index in [-0.39, 0.29) is 0 Å². The van der Waals surface area contributed by atoms with Crippen molar-refractivity contribution < 1.29 is 9.47 Å². The Labute approximate surface area is 88.4 Å². The van der Waals surface area contributed by atoms with Crippen LogP contribution in [-0.4, -0.2) is 50.5 Å². The van der Waals surface area contributed by atoms with E-state index in [0.717, 1.165) is 26.4 Å². The summed E-state index contributed by atoms with van der Waals surface area (Å²) < 4.78 is 10.9. The predicted molar refractivity (Wildman–Crippen MR) is 59.7 cm³/mol. The maximum absolute atomic E-state index is 5.44. The molecule has 0 atom stereocenters. The fourth-order valence-corrected chi connectivity index (χ4v) is 1.21. The Hall–Kier alpha value is -0.120. The van der Waals surface area contributed by atoms with Crippen molar-refractivity contribution in [3.05, 3.63) is 0 Å². The summed E-state index contributed by atoms with van der Waals surface area (Å²) in [7, 11) is 2.12. The molecule has 0 unspecified atom stereocenters. The highest BCUT2D eigenvalue weighted by molar-refractivity contribution is 4.70. The van der Waals surface area contributed by atoms with Crippen molar-refractivity contribution in [1.82, 2.24) is 4.90 Å². The highest BCUT2D eigenvalue weighted by atomic mass is 16.5. The van der Waals surface area contributed by atoms with E-state index in [4.69, 9.17) is 9.47 Å². The third-order valence-electron chi connectivity index (χ3n) is 2.42. The molecule has 0 aliphatic heterocycles. The lowest BCUT2D eigenvalue weighted by atomic mass is 10.2. The van der Waals surface area contributed by atoms with E-state index in [1.165, 1.54) is 0 Å². The molecule has 0 aromatic rings. The zero-order valence-electron chi connectivity index (χ0n) is 10.2. The number of nitrogens with zero attached hydrogens (tertiary/aromatic N) is 1. The van der Waals surface area contributed by atoms with Crippen LogP contribution in [-0.2, 0) is 9.47 Å². The Balaban J connectivity index is 3.94. The van der Waals surface area contributed by atoms with E-state index in [0.29, 0.717) is 12.1 Å². The maximum atomic E-state index is 5.44. The molecule has 14 heavy (non-hydrogen) atoms. The SMILES string of the molecule is CCOCC(COCC)N(C)C(C)C. The molecule has 0 spiro atoms. The van der Waals surface area contributed by atoms with Gasteiger partial charge in [-0.3, -0.25) is 4.90 Å². The molecule has 0 aliphatic carbocycles. The summed E-state index contributed by atoms with van der Waals surface area (Å²) in [5.74, 6) is 0. The first-order valence-corrected chi connectivity index (χ1v) is 5.50. The van der Waals surface area contributed by atoms with Crippen LogP contribution in [0.25, 0.3) is 0 Å². The zero-order chi connectivity index (χ0) is 11.0. The van der Waals surface area contributed by atoms with Gasteiger partial charge in [-0.1, -0.05) is 0 Å². The van der Waals surface area contributed by atoms with Crippen LogP contribution in [0.1, 0.15) is 27.7 Å². The molecule has 0 rings (SSSR count). The van der Waals surface area contributed by atoms with E-state index in [1.54, 1.807) is 0 Å². The lowest BCUT2D eigenvalue weighted by Gasteiger charge is -2.30. The molecule has 3 heteroatoms. The summed E-state index contributed by atoms with van der Waals surface area (Å²) in [4.78, 5) is 2.30. The summed E-state index contributed by atoms with van der Waals surface area (Å²) in [5, 5.41) is 0. The summed E-state index contributed by atoms with van der Waals surface area (Å²) in [5.41, 5.74) is 0. The van der Waals surface area contributed by atoms with Gasteiger partial charge in [0.1, 0.15) is 0 Å². The molecule has 0 radical (unpaired) electrons. The number of likely N-dealkylation sites (N-methyl/N-ethyl adjacent to an activating group) is 1. The van der Waals surface area contributed by atoms with Gasteiger partial charge < -0.3 is 9.47 Å². The second kappa shape index (κ2) is 8.21. The Morgan fingerprint density at radius 3 is 1.71 bits per heavy atom. The molecule has 0 amide bonds. The second-order valence-corrected chi connectivity index (χ2v) is 3.73. The molecule has 0 aromatic carbocycles. The van der Waals surface area contributed by atoms with Crippen molar-refractivity contribution in [3.63, 3.8) is 0 Å². The minimum Gasteiger partial charge on any atom is -0.380 e. The molecule has 0 N–H and O–H groups in total. The number of hydrogen-bond donors (Lipinski definition) is 0. The van der Waals surface area contributed by atoms with Gasteiger partial charge in [0.05, 0.1) is 19.3 Å². The van der Waals surface area contributed by atoms with Crippen molar-refractivity contribution in [2.45, 2.75) is 39.8 Å². The average molecular weight is 203 g/mol. The quantitative estimate of drug-likeness (QED) is 0.600. The van der Waals surface area contributed by atoms with Crippen LogP contribution in [0.5, 0.6) is 0 Å². The Kier molecular flexibility index (Phi) is 8.14. The minimum atomic E-state index is 0.370. The van der Waals surface area contributed by atoms with Gasteiger partial charge in [-0.05, 0) is 34.7 Å². The minimum absolute atomic E-state index is 0.370. The molecule has 0 heterocycles. The van der Waals surface area contributed by atoms with Crippen molar-refractivity contribution in [2.24, 2.45) is 0 Å². The van der Waals surface area contributed by atoms with Crippen LogP contribution in [0.4, 0.5) is 0 Å². The number of ether oxygens (including phenoxy) is 2. The first-order valence-electron chi connectivity index (χ1n) is 5.50. The van der Waals surface area contributed by atoms with E-state index in [2.05, 4.69) is 25.8 Å². The molecule has 0 fully saturated rings. The van der Waals surface area contributed by atoms with Crippen LogP contribution in [0.3, 0.4) is 0 Å². The van der Waals surface area contributed by atoms with Gasteiger partial charge in [-0.25, -0.2) is 0 Å². The second-order valence-electron chi connectivity index (χ2n) is 3.73. The Morgan fingerprint density at radius 1 is 1.00 bits per heavy atom. The smallest absolute Gasteiger partial charge is 0.0644 e. The summed E-state index contributed by atoms with van der Waals surface area (Å²) >= 11 is 0. The standard InChI is InChI=1S/C11H25NO2/c1-6-13-8-11(9-14-7-2)12(5)10(3)4/h10-11H,6-9H2,1-5H3. The monoisotopic (exact) mass is 203 g/mol. The third kappa shape index (κ3) is 5.58. The first-order chi connectivity index (χ1) is 6.63. The predicted octanol–water partition coefficient (Wildman–Crippen LogP) is 1.77. The van der Waals surface area contributed by atoms with E-state index in [1.807, 2.05) is 13.8 Å². The van der Waals surface area contributed by atoms with Gasteiger partial charge in [0.2, 0.25) is 0 Å². The largest absolute Gasteiger partial charge is 0.380 e. The fraction of sp³-hybridized carbons (Fsp3) is 1.00. The highest BCUT2D eigenvalue weighted by Crippen LogP contribution is 2.04. The van der Waals surface area contributed by atoms with Gasteiger partial charge in [0.15, 0.2) is 0 Å². The lowest BCUT2D eigenvalue weighted by Crippen LogP contribution is -2.43. The van der Waals surface area contributed by atoms with Crippen molar-refractivity contribution in [2.75, 3.05) is 33.5 Å². The Bertz CT molecular complexity index is 120. The molecular weight excluding hydrogens is 178 g/mol. The molecule has 3 nitrogen and oxygen atoms in total. The normalized spacial score (nSPS) is 12.0. The zero-order valence-corrected chi connectivity index (χ0v) is 10.2. The molecule has 0 aromatic heterocycles. The van der Waals surface area contributed by atoms with Crippen molar-refractivity contribution >= 4 is 0 Å². The number of hydrogen-bond acceptors (Lipinski definition) is 3. The number of rotatable bonds is 8. The van der Waals surface area contributed by atoms with E-state index >= 15 is 0 Å². The van der Waals surface area contributed by atoms with Gasteiger partial charge in [0, 0.05) is 19.3 Å². The van der Waals surface area contributed by atoms with Gasteiger partial charge in [0.25, 0.3) is 0 Å². The van der Waals surface area contributed by atoms with Crippen molar-refractivity contribution in [1.29, 1.82) is 0 Å². The molecule has 0 saturated heterocycles. The maximum Gasteiger partial charge on any atom is 0.0644 e. The van der Waals surface area contributed by atoms with Crippen LogP contribution >= 0.6 is 0 Å². The Morgan fingerprint density at radius 2 is 1.43 bits per heavy atom. The lowest BCUT2D eigenvalue weighted by molar-refractivity contribution is 0.0102. The van der Waals surface area contributed by atoms with Gasteiger partial charge >= 0.3 is 0 Å². The van der Waals surface area contributed by atoms with E-state index in [9.17, 15) is 0 Å². The van der Waals surface area contributed by atoms with Crippen LogP contribution in [0, 0.1) is 0 Å². The first kappa shape index (κ1) is 13.9. The summed E-state index contributed by atoms with van der Waals surface area (Å²) in [6, 6.07) is 0.899. The summed E-state index contributed by atoms with van der Waals surface area (Å²) in [6.45, 7) is 11.5. The molecular formula is C11H25NO2. The molecule has 0 saturated carbocycles. The highest BCUT2D eigenvalue weighted by Gasteiger charge is 2.17. The van der Waals surface area contributed by atoms with Crippen LogP contribution < -0.4 is 0 Å². The topological polar surface area (TPSA) is 21.7 Å². The van der Waals surface area contributed by atoms with Crippen molar-refractivity contribution in [3.8, 4) is 0 Å². The van der Waals surface area contributed by atoms with Crippen LogP contribution in [0.2, 0.25) is 0 Å².